The number of pyridine rings is 1. The predicted molar refractivity (Wildman–Crippen MR) is 111 cm³/mol. The van der Waals surface area contributed by atoms with E-state index < -0.39 is 0 Å². The Hall–Kier alpha value is -2.89. The molecule has 0 N–H and O–H groups in total. The molecule has 0 fully saturated rings. The summed E-state index contributed by atoms with van der Waals surface area (Å²) in [7, 11) is 1.79. The minimum absolute atomic E-state index is 0.0529. The fraction of sp³-hybridized carbons (Fsp3) is 0.409. The topological polar surface area (TPSA) is 60.2 Å². The van der Waals surface area contributed by atoms with Crippen molar-refractivity contribution in [2.24, 2.45) is 0 Å². The van der Waals surface area contributed by atoms with Crippen molar-refractivity contribution >= 4 is 16.9 Å². The van der Waals surface area contributed by atoms with Gasteiger partial charge in [-0.3, -0.25) is 4.79 Å². The van der Waals surface area contributed by atoms with Gasteiger partial charge in [0.15, 0.2) is 5.65 Å². The van der Waals surface area contributed by atoms with Crippen molar-refractivity contribution in [2.45, 2.75) is 40.7 Å². The molecule has 148 valence electrons. The molecular weight excluding hydrogens is 352 g/mol. The van der Waals surface area contributed by atoms with E-state index in [-0.39, 0.29) is 11.9 Å². The maximum atomic E-state index is 13.0. The van der Waals surface area contributed by atoms with Gasteiger partial charge in [0.1, 0.15) is 12.4 Å². The second-order valence-electron chi connectivity index (χ2n) is 7.63. The number of nitrogens with zero attached hydrogens (tertiary/aromatic N) is 4. The van der Waals surface area contributed by atoms with Gasteiger partial charge in [-0.25, -0.2) is 9.67 Å². The summed E-state index contributed by atoms with van der Waals surface area (Å²) in [5.41, 5.74) is 4.51. The van der Waals surface area contributed by atoms with Crippen LogP contribution < -0.4 is 4.74 Å². The zero-order chi connectivity index (χ0) is 20.4. The van der Waals surface area contributed by atoms with E-state index in [0.29, 0.717) is 18.7 Å². The molecule has 1 amide bonds. The van der Waals surface area contributed by atoms with Gasteiger partial charge in [0.05, 0.1) is 23.7 Å². The van der Waals surface area contributed by atoms with E-state index in [1.807, 2.05) is 43.7 Å². The summed E-state index contributed by atoms with van der Waals surface area (Å²) in [6.07, 6.45) is 1.73. The van der Waals surface area contributed by atoms with Crippen molar-refractivity contribution in [3.63, 3.8) is 0 Å². The smallest absolute Gasteiger partial charge is 0.254 e. The van der Waals surface area contributed by atoms with E-state index in [9.17, 15) is 4.79 Å². The number of fused-ring (bicyclic) bond motifs is 1. The zero-order valence-electron chi connectivity index (χ0n) is 17.5. The van der Waals surface area contributed by atoms with Crippen LogP contribution in [0.5, 0.6) is 5.75 Å². The Bertz CT molecular complexity index is 987. The van der Waals surface area contributed by atoms with Gasteiger partial charge in [-0.05, 0) is 63.9 Å². The average molecular weight is 380 g/mol. The Balaban J connectivity index is 1.74. The van der Waals surface area contributed by atoms with Gasteiger partial charge in [-0.2, -0.15) is 5.10 Å². The minimum atomic E-state index is -0.0529. The number of rotatable bonds is 6. The molecule has 0 radical (unpaired) electrons. The number of aromatic nitrogens is 3. The Morgan fingerprint density at radius 2 is 1.82 bits per heavy atom. The number of aryl methyl sites for hydroxylation is 3. The number of amides is 1. The molecule has 2 aromatic heterocycles. The van der Waals surface area contributed by atoms with Crippen LogP contribution in [-0.2, 0) is 0 Å². The van der Waals surface area contributed by atoms with Crippen LogP contribution in [0.3, 0.4) is 0 Å². The summed E-state index contributed by atoms with van der Waals surface area (Å²) in [5, 5.41) is 5.20. The van der Waals surface area contributed by atoms with Crippen molar-refractivity contribution in [2.75, 3.05) is 20.2 Å². The van der Waals surface area contributed by atoms with Crippen LogP contribution in [-0.4, -0.2) is 45.8 Å². The van der Waals surface area contributed by atoms with E-state index in [1.165, 1.54) is 0 Å². The Kier molecular flexibility index (Phi) is 5.68. The van der Waals surface area contributed by atoms with Crippen LogP contribution in [0.2, 0.25) is 0 Å². The molecule has 0 saturated carbocycles. The van der Waals surface area contributed by atoms with Crippen molar-refractivity contribution < 1.29 is 9.53 Å². The number of carbonyl (C=O) groups is 1. The molecule has 6 heteroatoms. The Morgan fingerprint density at radius 3 is 2.46 bits per heavy atom. The van der Waals surface area contributed by atoms with Gasteiger partial charge in [0.2, 0.25) is 0 Å². The number of hydrogen-bond donors (Lipinski definition) is 0. The van der Waals surface area contributed by atoms with Gasteiger partial charge in [0, 0.05) is 18.8 Å². The molecule has 0 saturated heterocycles. The lowest BCUT2D eigenvalue weighted by molar-refractivity contribution is 0.0775. The zero-order valence-corrected chi connectivity index (χ0v) is 17.5. The first kappa shape index (κ1) is 19.9. The molecule has 0 aliphatic heterocycles. The van der Waals surface area contributed by atoms with Crippen molar-refractivity contribution in [3.8, 4) is 5.75 Å². The number of hydrogen-bond acceptors (Lipinski definition) is 4. The Labute approximate surface area is 166 Å². The SMILES string of the molecule is Cc1cc(C)cc(OCCN(C)C(=O)c2cc(C)nc3c2cnn3C(C)C)c1. The highest BCUT2D eigenvalue weighted by molar-refractivity contribution is 6.05. The molecule has 0 aliphatic carbocycles. The highest BCUT2D eigenvalue weighted by atomic mass is 16.5. The fourth-order valence-corrected chi connectivity index (χ4v) is 3.32. The molecule has 0 bridgehead atoms. The predicted octanol–water partition coefficient (Wildman–Crippen LogP) is 4.09. The highest BCUT2D eigenvalue weighted by Gasteiger charge is 2.19. The molecule has 6 nitrogen and oxygen atoms in total. The first-order valence-electron chi connectivity index (χ1n) is 9.57. The Morgan fingerprint density at radius 1 is 1.14 bits per heavy atom. The number of benzene rings is 1. The summed E-state index contributed by atoms with van der Waals surface area (Å²) in [6.45, 7) is 11.0. The maximum absolute atomic E-state index is 13.0. The monoisotopic (exact) mass is 380 g/mol. The second kappa shape index (κ2) is 8.00. The lowest BCUT2D eigenvalue weighted by atomic mass is 10.1. The van der Waals surface area contributed by atoms with Crippen molar-refractivity contribution in [1.82, 2.24) is 19.7 Å². The fourth-order valence-electron chi connectivity index (χ4n) is 3.32. The van der Waals surface area contributed by atoms with Crippen molar-refractivity contribution in [3.05, 3.63) is 52.8 Å². The van der Waals surface area contributed by atoms with E-state index in [0.717, 1.165) is 33.6 Å². The second-order valence-corrected chi connectivity index (χ2v) is 7.63. The summed E-state index contributed by atoms with van der Waals surface area (Å²) in [4.78, 5) is 19.3. The van der Waals surface area contributed by atoms with E-state index in [4.69, 9.17) is 4.74 Å². The summed E-state index contributed by atoms with van der Waals surface area (Å²) in [6, 6.07) is 8.13. The van der Waals surface area contributed by atoms with Crippen LogP contribution in [0, 0.1) is 20.8 Å². The van der Waals surface area contributed by atoms with Crippen LogP contribution in [0.4, 0.5) is 0 Å². The summed E-state index contributed by atoms with van der Waals surface area (Å²) in [5.74, 6) is 0.779. The molecule has 3 rings (SSSR count). The molecule has 0 spiro atoms. The van der Waals surface area contributed by atoms with Crippen molar-refractivity contribution in [1.29, 1.82) is 0 Å². The maximum Gasteiger partial charge on any atom is 0.254 e. The van der Waals surface area contributed by atoms with Crippen LogP contribution >= 0.6 is 0 Å². The van der Waals surface area contributed by atoms with Crippen LogP contribution in [0.1, 0.15) is 47.1 Å². The van der Waals surface area contributed by atoms with Gasteiger partial charge >= 0.3 is 0 Å². The molecule has 3 aromatic rings. The first-order chi connectivity index (χ1) is 13.3. The van der Waals surface area contributed by atoms with Gasteiger partial charge in [-0.15, -0.1) is 0 Å². The number of ether oxygens (including phenoxy) is 1. The third-order valence-electron chi connectivity index (χ3n) is 4.65. The van der Waals surface area contributed by atoms with Gasteiger partial charge in [-0.1, -0.05) is 6.07 Å². The third kappa shape index (κ3) is 4.16. The molecule has 1 aromatic carbocycles. The van der Waals surface area contributed by atoms with Gasteiger partial charge < -0.3 is 9.64 Å². The molecule has 0 atom stereocenters. The van der Waals surface area contributed by atoms with Crippen LogP contribution in [0.25, 0.3) is 11.0 Å². The summed E-state index contributed by atoms with van der Waals surface area (Å²) >= 11 is 0. The molecule has 0 aliphatic rings. The lowest BCUT2D eigenvalue weighted by Crippen LogP contribution is -2.31. The van der Waals surface area contributed by atoms with Crippen LogP contribution in [0.15, 0.2) is 30.5 Å². The summed E-state index contributed by atoms with van der Waals surface area (Å²) < 4.78 is 7.70. The van der Waals surface area contributed by atoms with E-state index in [1.54, 1.807) is 18.1 Å². The average Bonchev–Trinajstić information content (AvgIpc) is 3.03. The first-order valence-corrected chi connectivity index (χ1v) is 9.57. The number of likely N-dealkylation sites (N-methyl/N-ethyl adjacent to an activating group) is 1. The van der Waals surface area contributed by atoms with Gasteiger partial charge in [0.25, 0.3) is 5.91 Å². The molecular formula is C22H28N4O2. The molecule has 2 heterocycles. The highest BCUT2D eigenvalue weighted by Crippen LogP contribution is 2.22. The largest absolute Gasteiger partial charge is 0.492 e. The third-order valence-corrected chi connectivity index (χ3v) is 4.65. The number of carbonyl (C=O) groups excluding carboxylic acids is 1. The normalized spacial score (nSPS) is 11.2. The van der Waals surface area contributed by atoms with E-state index in [2.05, 4.69) is 30.0 Å². The molecule has 28 heavy (non-hydrogen) atoms. The lowest BCUT2D eigenvalue weighted by Gasteiger charge is -2.18. The quantitative estimate of drug-likeness (QED) is 0.646. The standard InChI is InChI=1S/C22H28N4O2/c1-14(2)26-21-20(13-23-26)19(12-17(5)24-21)22(27)25(6)7-8-28-18-10-15(3)9-16(4)11-18/h9-14H,7-8H2,1-6H3. The molecule has 0 unspecified atom stereocenters. The minimum Gasteiger partial charge on any atom is -0.492 e. The van der Waals surface area contributed by atoms with E-state index >= 15 is 0 Å².